The summed E-state index contributed by atoms with van der Waals surface area (Å²) in [5.41, 5.74) is 1.28. The van der Waals surface area contributed by atoms with E-state index in [1.54, 1.807) is 24.3 Å². The van der Waals surface area contributed by atoms with Gasteiger partial charge in [0.1, 0.15) is 0 Å². The van der Waals surface area contributed by atoms with E-state index in [0.29, 0.717) is 5.56 Å². The Morgan fingerprint density at radius 1 is 1.28 bits per heavy atom. The molecule has 6 nitrogen and oxygen atoms in total. The fraction of sp³-hybridized carbons (Fsp3) is 0.333. The van der Waals surface area contributed by atoms with Gasteiger partial charge in [-0.1, -0.05) is 0 Å². The number of rotatable bonds is 5. The normalized spacial score (nSPS) is 11.7. The number of carbonyl (C=O) groups excluding carboxylic acids is 1. The van der Waals surface area contributed by atoms with Crippen molar-refractivity contribution in [3.63, 3.8) is 0 Å². The first kappa shape index (κ1) is 14.0. The van der Waals surface area contributed by atoms with Crippen LogP contribution in [0.2, 0.25) is 0 Å². The quantitative estimate of drug-likeness (QED) is 0.682. The number of benzene rings is 1. The standard InChI is InChI=1S/C12H16N2O4/c1-14(2)9-5-3-8(4-6-9)11(16)13-10(7-15)12(17)18/h3-6,10,15H,7H2,1-2H3,(H,13,16)(H,17,18)/t10-/m1/s1. The van der Waals surface area contributed by atoms with Gasteiger partial charge in [0.2, 0.25) is 0 Å². The summed E-state index contributed by atoms with van der Waals surface area (Å²) in [6.45, 7) is -0.642. The van der Waals surface area contributed by atoms with Gasteiger partial charge in [-0.25, -0.2) is 4.79 Å². The molecular formula is C12H16N2O4. The number of anilines is 1. The van der Waals surface area contributed by atoms with Crippen molar-refractivity contribution in [2.75, 3.05) is 25.6 Å². The number of hydrogen-bond acceptors (Lipinski definition) is 4. The number of aliphatic hydroxyl groups is 1. The van der Waals surface area contributed by atoms with Gasteiger partial charge in [-0.2, -0.15) is 0 Å². The second kappa shape index (κ2) is 6.02. The summed E-state index contributed by atoms with van der Waals surface area (Å²) in [5, 5.41) is 19.7. The highest BCUT2D eigenvalue weighted by atomic mass is 16.4. The lowest BCUT2D eigenvalue weighted by Gasteiger charge is -2.14. The van der Waals surface area contributed by atoms with Crippen LogP contribution in [0, 0.1) is 0 Å². The first-order valence-electron chi connectivity index (χ1n) is 5.37. The van der Waals surface area contributed by atoms with E-state index in [1.165, 1.54) is 0 Å². The van der Waals surface area contributed by atoms with Crippen molar-refractivity contribution in [3.8, 4) is 0 Å². The van der Waals surface area contributed by atoms with Gasteiger partial charge < -0.3 is 20.4 Å². The summed E-state index contributed by atoms with van der Waals surface area (Å²) in [6, 6.07) is 5.42. The molecule has 0 aliphatic rings. The van der Waals surface area contributed by atoms with Crippen molar-refractivity contribution in [2.45, 2.75) is 6.04 Å². The summed E-state index contributed by atoms with van der Waals surface area (Å²) >= 11 is 0. The Morgan fingerprint density at radius 3 is 2.22 bits per heavy atom. The van der Waals surface area contributed by atoms with E-state index in [9.17, 15) is 9.59 Å². The highest BCUT2D eigenvalue weighted by Gasteiger charge is 2.19. The maximum atomic E-state index is 11.7. The van der Waals surface area contributed by atoms with Crippen LogP contribution in [0.15, 0.2) is 24.3 Å². The van der Waals surface area contributed by atoms with Crippen LogP contribution in [0.1, 0.15) is 10.4 Å². The smallest absolute Gasteiger partial charge is 0.328 e. The maximum absolute atomic E-state index is 11.7. The minimum Gasteiger partial charge on any atom is -0.480 e. The second-order valence-corrected chi connectivity index (χ2v) is 3.99. The van der Waals surface area contributed by atoms with E-state index in [-0.39, 0.29) is 0 Å². The number of carboxylic acids is 1. The number of nitrogens with one attached hydrogen (secondary N) is 1. The zero-order valence-electron chi connectivity index (χ0n) is 10.3. The van der Waals surface area contributed by atoms with Gasteiger partial charge in [-0.05, 0) is 24.3 Å². The van der Waals surface area contributed by atoms with Crippen molar-refractivity contribution in [1.29, 1.82) is 0 Å². The Kier molecular flexibility index (Phi) is 4.67. The Bertz CT molecular complexity index is 428. The molecule has 1 rings (SSSR count). The van der Waals surface area contributed by atoms with Crippen molar-refractivity contribution in [2.24, 2.45) is 0 Å². The molecule has 0 aliphatic heterocycles. The van der Waals surface area contributed by atoms with Gasteiger partial charge in [-0.3, -0.25) is 4.79 Å². The van der Waals surface area contributed by atoms with Crippen molar-refractivity contribution in [1.82, 2.24) is 5.32 Å². The maximum Gasteiger partial charge on any atom is 0.328 e. The van der Waals surface area contributed by atoms with E-state index in [4.69, 9.17) is 10.2 Å². The molecule has 1 amide bonds. The summed E-state index contributed by atoms with van der Waals surface area (Å²) in [4.78, 5) is 24.2. The first-order chi connectivity index (χ1) is 8.45. The van der Waals surface area contributed by atoms with Gasteiger partial charge in [0.15, 0.2) is 6.04 Å². The fourth-order valence-corrected chi connectivity index (χ4v) is 1.34. The Labute approximate surface area is 105 Å². The fourth-order valence-electron chi connectivity index (χ4n) is 1.34. The molecule has 0 aromatic heterocycles. The van der Waals surface area contributed by atoms with E-state index in [2.05, 4.69) is 5.32 Å². The molecule has 6 heteroatoms. The molecule has 0 bridgehead atoms. The van der Waals surface area contributed by atoms with Crippen LogP contribution in [0.5, 0.6) is 0 Å². The molecule has 0 saturated heterocycles. The molecule has 0 radical (unpaired) electrons. The predicted molar refractivity (Wildman–Crippen MR) is 66.7 cm³/mol. The first-order valence-corrected chi connectivity index (χ1v) is 5.37. The average molecular weight is 252 g/mol. The third kappa shape index (κ3) is 3.46. The number of aliphatic carboxylic acids is 1. The van der Waals surface area contributed by atoms with Gasteiger partial charge in [0, 0.05) is 25.3 Å². The number of hydrogen-bond donors (Lipinski definition) is 3. The Morgan fingerprint density at radius 2 is 1.83 bits per heavy atom. The average Bonchev–Trinajstić information content (AvgIpc) is 2.35. The van der Waals surface area contributed by atoms with Crippen LogP contribution in [0.25, 0.3) is 0 Å². The van der Waals surface area contributed by atoms with Crippen LogP contribution >= 0.6 is 0 Å². The number of aliphatic hydroxyl groups excluding tert-OH is 1. The molecule has 0 fully saturated rings. The molecule has 1 aromatic rings. The van der Waals surface area contributed by atoms with Gasteiger partial charge in [0.05, 0.1) is 6.61 Å². The molecule has 1 atom stereocenters. The molecule has 98 valence electrons. The third-order valence-electron chi connectivity index (χ3n) is 2.43. The lowest BCUT2D eigenvalue weighted by atomic mass is 10.1. The second-order valence-electron chi connectivity index (χ2n) is 3.99. The van der Waals surface area contributed by atoms with Crippen LogP contribution in [-0.2, 0) is 4.79 Å². The van der Waals surface area contributed by atoms with Crippen LogP contribution < -0.4 is 10.2 Å². The van der Waals surface area contributed by atoms with Gasteiger partial charge in [-0.15, -0.1) is 0 Å². The summed E-state index contributed by atoms with van der Waals surface area (Å²) in [6.07, 6.45) is 0. The van der Waals surface area contributed by atoms with Crippen molar-refractivity contribution < 1.29 is 19.8 Å². The number of amides is 1. The summed E-state index contributed by atoms with van der Waals surface area (Å²) in [7, 11) is 3.75. The lowest BCUT2D eigenvalue weighted by Crippen LogP contribution is -2.43. The minimum absolute atomic E-state index is 0.348. The van der Waals surface area contributed by atoms with E-state index < -0.39 is 24.5 Å². The number of nitrogens with zero attached hydrogens (tertiary/aromatic N) is 1. The topological polar surface area (TPSA) is 89.9 Å². The molecule has 3 N–H and O–H groups in total. The molecule has 18 heavy (non-hydrogen) atoms. The Balaban J connectivity index is 2.75. The zero-order valence-corrected chi connectivity index (χ0v) is 10.3. The highest BCUT2D eigenvalue weighted by molar-refractivity contribution is 5.96. The summed E-state index contributed by atoms with van der Waals surface area (Å²) < 4.78 is 0. The largest absolute Gasteiger partial charge is 0.480 e. The van der Waals surface area contributed by atoms with Gasteiger partial charge >= 0.3 is 5.97 Å². The van der Waals surface area contributed by atoms with Crippen LogP contribution in [0.4, 0.5) is 5.69 Å². The number of carbonyl (C=O) groups is 2. The lowest BCUT2D eigenvalue weighted by molar-refractivity contribution is -0.140. The van der Waals surface area contributed by atoms with Crippen LogP contribution in [-0.4, -0.2) is 48.8 Å². The third-order valence-corrected chi connectivity index (χ3v) is 2.43. The molecule has 0 spiro atoms. The van der Waals surface area contributed by atoms with E-state index in [0.717, 1.165) is 5.69 Å². The molecule has 0 unspecified atom stereocenters. The van der Waals surface area contributed by atoms with E-state index in [1.807, 2.05) is 19.0 Å². The predicted octanol–water partition coefficient (Wildman–Crippen LogP) is -0.0721. The van der Waals surface area contributed by atoms with Crippen LogP contribution in [0.3, 0.4) is 0 Å². The highest BCUT2D eigenvalue weighted by Crippen LogP contribution is 2.12. The van der Waals surface area contributed by atoms with Crippen molar-refractivity contribution in [3.05, 3.63) is 29.8 Å². The number of carboxylic acid groups (broad SMARTS) is 1. The Hall–Kier alpha value is -2.08. The molecular weight excluding hydrogens is 236 g/mol. The minimum atomic E-state index is -1.29. The SMILES string of the molecule is CN(C)c1ccc(C(=O)N[C@H](CO)C(=O)O)cc1. The molecule has 0 heterocycles. The van der Waals surface area contributed by atoms with Crippen molar-refractivity contribution >= 4 is 17.6 Å². The summed E-state index contributed by atoms with van der Waals surface area (Å²) in [5.74, 6) is -1.79. The monoisotopic (exact) mass is 252 g/mol. The zero-order chi connectivity index (χ0) is 13.7. The van der Waals surface area contributed by atoms with E-state index >= 15 is 0 Å². The molecule has 0 aliphatic carbocycles. The van der Waals surface area contributed by atoms with Gasteiger partial charge in [0.25, 0.3) is 5.91 Å². The molecule has 1 aromatic carbocycles. The molecule has 0 saturated carbocycles.